The average Bonchev–Trinajstić information content (AvgIpc) is 2.73. The highest BCUT2D eigenvalue weighted by atomic mass is 16.4. The van der Waals surface area contributed by atoms with E-state index in [-0.39, 0.29) is 5.92 Å². The molecule has 94 valence electrons. The van der Waals surface area contributed by atoms with Crippen molar-refractivity contribution in [2.45, 2.75) is 33.4 Å². The Morgan fingerprint density at radius 1 is 1.53 bits per heavy atom. The first kappa shape index (κ1) is 13.2. The molecule has 0 aliphatic rings. The van der Waals surface area contributed by atoms with Crippen molar-refractivity contribution in [2.24, 2.45) is 5.92 Å². The van der Waals surface area contributed by atoms with E-state index in [4.69, 9.17) is 5.11 Å². The molecule has 6 heteroatoms. The van der Waals surface area contributed by atoms with Crippen LogP contribution in [0.3, 0.4) is 0 Å². The van der Waals surface area contributed by atoms with Crippen LogP contribution in [0.15, 0.2) is 12.4 Å². The number of aliphatic carboxylic acids is 1. The summed E-state index contributed by atoms with van der Waals surface area (Å²) in [4.78, 5) is 22.7. The quantitative estimate of drug-likeness (QED) is 0.793. The molecule has 1 atom stereocenters. The number of carboxylic acid groups (broad SMARTS) is 1. The van der Waals surface area contributed by atoms with Gasteiger partial charge in [-0.2, -0.15) is 5.10 Å². The van der Waals surface area contributed by atoms with Crippen molar-refractivity contribution >= 4 is 11.9 Å². The topological polar surface area (TPSA) is 84.2 Å². The number of carboxylic acids is 1. The first-order chi connectivity index (χ1) is 7.95. The lowest BCUT2D eigenvalue weighted by molar-refractivity contribution is -0.140. The maximum absolute atomic E-state index is 11.8. The highest BCUT2D eigenvalue weighted by Gasteiger charge is 2.24. The summed E-state index contributed by atoms with van der Waals surface area (Å²) in [5.41, 5.74) is 0.374. The van der Waals surface area contributed by atoms with Crippen molar-refractivity contribution in [1.82, 2.24) is 15.1 Å². The second-order valence-corrected chi connectivity index (χ2v) is 4.12. The number of rotatable bonds is 5. The summed E-state index contributed by atoms with van der Waals surface area (Å²) in [6.45, 7) is 6.06. The second kappa shape index (κ2) is 5.47. The van der Waals surface area contributed by atoms with Gasteiger partial charge in [0.2, 0.25) is 0 Å². The van der Waals surface area contributed by atoms with Crippen LogP contribution >= 0.6 is 0 Å². The van der Waals surface area contributed by atoms with Gasteiger partial charge in [0.1, 0.15) is 6.04 Å². The molecule has 0 bridgehead atoms. The van der Waals surface area contributed by atoms with Crippen molar-refractivity contribution in [1.29, 1.82) is 0 Å². The SMILES string of the molecule is CCn1cc(C(=O)N[C@@H](C(=O)O)C(C)C)cn1. The molecule has 0 unspecified atom stereocenters. The van der Waals surface area contributed by atoms with Gasteiger partial charge >= 0.3 is 5.97 Å². The molecule has 1 amide bonds. The molecule has 1 rings (SSSR count). The molecule has 0 aromatic carbocycles. The number of amides is 1. The third-order valence-electron chi connectivity index (χ3n) is 2.44. The minimum atomic E-state index is -1.03. The van der Waals surface area contributed by atoms with Crippen LogP contribution < -0.4 is 5.32 Å². The summed E-state index contributed by atoms with van der Waals surface area (Å²) in [5, 5.41) is 15.4. The Bertz CT molecular complexity index is 412. The summed E-state index contributed by atoms with van der Waals surface area (Å²) in [6.07, 6.45) is 3.02. The lowest BCUT2D eigenvalue weighted by Crippen LogP contribution is -2.44. The first-order valence-electron chi connectivity index (χ1n) is 5.51. The zero-order valence-corrected chi connectivity index (χ0v) is 10.2. The number of nitrogens with one attached hydrogen (secondary N) is 1. The standard InChI is InChI=1S/C11H17N3O3/c1-4-14-6-8(5-12-14)10(15)13-9(7(2)3)11(16)17/h5-7,9H,4H2,1-3H3,(H,13,15)(H,16,17)/t9-/m1/s1. The van der Waals surface area contributed by atoms with Crippen molar-refractivity contribution in [3.05, 3.63) is 18.0 Å². The largest absolute Gasteiger partial charge is 0.480 e. The van der Waals surface area contributed by atoms with Gasteiger partial charge < -0.3 is 10.4 Å². The third-order valence-corrected chi connectivity index (χ3v) is 2.44. The van der Waals surface area contributed by atoms with E-state index in [0.29, 0.717) is 12.1 Å². The van der Waals surface area contributed by atoms with Crippen molar-refractivity contribution in [3.63, 3.8) is 0 Å². The summed E-state index contributed by atoms with van der Waals surface area (Å²) in [7, 11) is 0. The highest BCUT2D eigenvalue weighted by molar-refractivity contribution is 5.96. The van der Waals surface area contributed by atoms with Crippen LogP contribution in [0, 0.1) is 5.92 Å². The predicted molar refractivity (Wildman–Crippen MR) is 61.6 cm³/mol. The molecule has 0 saturated heterocycles. The lowest BCUT2D eigenvalue weighted by atomic mass is 10.0. The van der Waals surface area contributed by atoms with Gasteiger partial charge in [-0.05, 0) is 12.8 Å². The number of nitrogens with zero attached hydrogens (tertiary/aromatic N) is 2. The molecule has 0 aliphatic carbocycles. The van der Waals surface area contributed by atoms with Gasteiger partial charge in [0, 0.05) is 12.7 Å². The maximum Gasteiger partial charge on any atom is 0.326 e. The van der Waals surface area contributed by atoms with E-state index in [1.807, 2.05) is 6.92 Å². The van der Waals surface area contributed by atoms with Crippen LogP contribution in [-0.2, 0) is 11.3 Å². The lowest BCUT2D eigenvalue weighted by Gasteiger charge is -2.17. The normalized spacial score (nSPS) is 12.5. The van der Waals surface area contributed by atoms with E-state index in [1.54, 1.807) is 24.7 Å². The predicted octanol–water partition coefficient (Wildman–Crippen LogP) is 0.742. The van der Waals surface area contributed by atoms with Crippen molar-refractivity contribution in [3.8, 4) is 0 Å². The van der Waals surface area contributed by atoms with Gasteiger partial charge in [-0.15, -0.1) is 0 Å². The Labute approximate surface area is 99.6 Å². The fourth-order valence-electron chi connectivity index (χ4n) is 1.39. The minimum Gasteiger partial charge on any atom is -0.480 e. The van der Waals surface area contributed by atoms with Gasteiger partial charge in [-0.25, -0.2) is 4.79 Å². The summed E-state index contributed by atoms with van der Waals surface area (Å²) in [6, 6.07) is -0.882. The molecular formula is C11H17N3O3. The maximum atomic E-state index is 11.8. The molecular weight excluding hydrogens is 222 g/mol. The molecule has 0 saturated carbocycles. The van der Waals surface area contributed by atoms with Gasteiger partial charge in [0.25, 0.3) is 5.91 Å². The van der Waals surface area contributed by atoms with Crippen LogP contribution in [0.4, 0.5) is 0 Å². The average molecular weight is 239 g/mol. The van der Waals surface area contributed by atoms with Gasteiger partial charge in [0.05, 0.1) is 11.8 Å². The number of aryl methyl sites for hydroxylation is 1. The van der Waals surface area contributed by atoms with Crippen LogP contribution in [-0.4, -0.2) is 32.8 Å². The number of hydrogen-bond acceptors (Lipinski definition) is 3. The zero-order chi connectivity index (χ0) is 13.0. The smallest absolute Gasteiger partial charge is 0.326 e. The molecule has 0 aliphatic heterocycles. The third kappa shape index (κ3) is 3.30. The highest BCUT2D eigenvalue weighted by Crippen LogP contribution is 2.04. The number of hydrogen-bond donors (Lipinski definition) is 2. The van der Waals surface area contributed by atoms with E-state index < -0.39 is 17.9 Å². The molecule has 17 heavy (non-hydrogen) atoms. The van der Waals surface area contributed by atoms with Gasteiger partial charge in [-0.3, -0.25) is 9.48 Å². The Morgan fingerprint density at radius 2 is 2.18 bits per heavy atom. The molecule has 6 nitrogen and oxygen atoms in total. The Balaban J connectivity index is 2.73. The van der Waals surface area contributed by atoms with Gasteiger partial charge in [-0.1, -0.05) is 13.8 Å². The fraction of sp³-hybridized carbons (Fsp3) is 0.545. The van der Waals surface area contributed by atoms with Crippen LogP contribution in [0.25, 0.3) is 0 Å². The molecule has 1 aromatic rings. The molecule has 2 N–H and O–H groups in total. The molecule has 1 heterocycles. The summed E-state index contributed by atoms with van der Waals surface area (Å²) < 4.78 is 1.61. The van der Waals surface area contributed by atoms with Crippen molar-refractivity contribution in [2.75, 3.05) is 0 Å². The Kier molecular flexibility index (Phi) is 4.25. The second-order valence-electron chi connectivity index (χ2n) is 4.12. The number of carbonyl (C=O) groups excluding carboxylic acids is 1. The first-order valence-corrected chi connectivity index (χ1v) is 5.51. The molecule has 0 fully saturated rings. The Hall–Kier alpha value is -1.85. The van der Waals surface area contributed by atoms with Crippen LogP contribution in [0.2, 0.25) is 0 Å². The van der Waals surface area contributed by atoms with Crippen molar-refractivity contribution < 1.29 is 14.7 Å². The number of aromatic nitrogens is 2. The zero-order valence-electron chi connectivity index (χ0n) is 10.2. The number of carbonyl (C=O) groups is 2. The molecule has 1 aromatic heterocycles. The van der Waals surface area contributed by atoms with E-state index in [1.165, 1.54) is 6.20 Å². The van der Waals surface area contributed by atoms with E-state index in [2.05, 4.69) is 10.4 Å². The summed E-state index contributed by atoms with van der Waals surface area (Å²) >= 11 is 0. The molecule has 0 spiro atoms. The van der Waals surface area contributed by atoms with Crippen LogP contribution in [0.1, 0.15) is 31.1 Å². The monoisotopic (exact) mass is 239 g/mol. The summed E-state index contributed by atoms with van der Waals surface area (Å²) in [5.74, 6) is -1.61. The Morgan fingerprint density at radius 3 is 2.59 bits per heavy atom. The van der Waals surface area contributed by atoms with E-state index in [9.17, 15) is 9.59 Å². The van der Waals surface area contributed by atoms with Crippen LogP contribution in [0.5, 0.6) is 0 Å². The van der Waals surface area contributed by atoms with E-state index >= 15 is 0 Å². The minimum absolute atomic E-state index is 0.169. The van der Waals surface area contributed by atoms with Gasteiger partial charge in [0.15, 0.2) is 0 Å². The fourth-order valence-corrected chi connectivity index (χ4v) is 1.39. The molecule has 0 radical (unpaired) electrons. The van der Waals surface area contributed by atoms with E-state index in [0.717, 1.165) is 0 Å².